The van der Waals surface area contributed by atoms with Gasteiger partial charge in [0.05, 0.1) is 11.2 Å². The third-order valence-electron chi connectivity index (χ3n) is 4.80. The Morgan fingerprint density at radius 2 is 1.76 bits per heavy atom. The molecule has 0 spiro atoms. The molecule has 1 aromatic heterocycles. The zero-order valence-electron chi connectivity index (χ0n) is 14.2. The van der Waals surface area contributed by atoms with Crippen LogP contribution in [0.5, 0.6) is 0 Å². The largest absolute Gasteiger partial charge is 0.383 e. The van der Waals surface area contributed by atoms with Gasteiger partial charge < -0.3 is 10.2 Å². The smallest absolute Gasteiger partial charge is 0.123 e. The molecule has 3 nitrogen and oxygen atoms in total. The molecule has 4 heteroatoms. The van der Waals surface area contributed by atoms with E-state index in [-0.39, 0.29) is 5.82 Å². The van der Waals surface area contributed by atoms with Crippen molar-refractivity contribution in [3.8, 4) is 11.3 Å². The molecular weight excluding hydrogens is 313 g/mol. The molecule has 2 heterocycles. The summed E-state index contributed by atoms with van der Waals surface area (Å²) in [6, 6.07) is 16.7. The number of rotatable bonds is 5. The van der Waals surface area contributed by atoms with Crippen LogP contribution in [0.1, 0.15) is 12.8 Å². The maximum absolute atomic E-state index is 13.2. The second-order valence-corrected chi connectivity index (χ2v) is 6.55. The van der Waals surface area contributed by atoms with E-state index in [1.54, 1.807) is 12.1 Å². The zero-order valence-corrected chi connectivity index (χ0v) is 14.2. The lowest BCUT2D eigenvalue weighted by Gasteiger charge is -2.17. The van der Waals surface area contributed by atoms with Crippen molar-refractivity contribution in [1.29, 1.82) is 0 Å². The highest BCUT2D eigenvalue weighted by Crippen LogP contribution is 2.28. The van der Waals surface area contributed by atoms with Crippen molar-refractivity contribution < 1.29 is 4.39 Å². The average molecular weight is 335 g/mol. The first-order valence-corrected chi connectivity index (χ1v) is 8.91. The number of hydrogen-bond acceptors (Lipinski definition) is 3. The molecule has 1 aliphatic rings. The minimum atomic E-state index is -0.228. The number of aromatic nitrogens is 1. The molecule has 2 aromatic carbocycles. The summed E-state index contributed by atoms with van der Waals surface area (Å²) in [5.74, 6) is -0.228. The van der Waals surface area contributed by atoms with Crippen molar-refractivity contribution >= 4 is 16.6 Å². The maximum Gasteiger partial charge on any atom is 0.123 e. The fourth-order valence-corrected chi connectivity index (χ4v) is 3.45. The molecule has 1 saturated heterocycles. The molecule has 0 unspecified atom stereocenters. The van der Waals surface area contributed by atoms with Crippen LogP contribution in [0.2, 0.25) is 0 Å². The van der Waals surface area contributed by atoms with E-state index in [0.717, 1.165) is 40.9 Å². The van der Waals surface area contributed by atoms with Crippen LogP contribution in [0.15, 0.2) is 54.6 Å². The number of benzene rings is 2. The van der Waals surface area contributed by atoms with Crippen LogP contribution >= 0.6 is 0 Å². The SMILES string of the molecule is Fc1ccc(-c2cc(NCCN3CCCC3)c3ccccc3n2)cc1. The molecule has 128 valence electrons. The van der Waals surface area contributed by atoms with Gasteiger partial charge in [-0.1, -0.05) is 18.2 Å². The highest BCUT2D eigenvalue weighted by Gasteiger charge is 2.11. The van der Waals surface area contributed by atoms with Crippen molar-refractivity contribution in [1.82, 2.24) is 9.88 Å². The van der Waals surface area contributed by atoms with Gasteiger partial charge in [-0.3, -0.25) is 0 Å². The van der Waals surface area contributed by atoms with E-state index >= 15 is 0 Å². The number of fused-ring (bicyclic) bond motifs is 1. The Kier molecular flexibility index (Phi) is 4.61. The number of nitrogens with zero attached hydrogens (tertiary/aromatic N) is 2. The van der Waals surface area contributed by atoms with Crippen molar-refractivity contribution in [2.45, 2.75) is 12.8 Å². The minimum absolute atomic E-state index is 0.228. The lowest BCUT2D eigenvalue weighted by molar-refractivity contribution is 0.353. The summed E-state index contributed by atoms with van der Waals surface area (Å²) >= 11 is 0. The van der Waals surface area contributed by atoms with E-state index in [0.29, 0.717) is 0 Å². The molecule has 0 radical (unpaired) electrons. The second-order valence-electron chi connectivity index (χ2n) is 6.55. The van der Waals surface area contributed by atoms with Crippen LogP contribution in [0.4, 0.5) is 10.1 Å². The molecular formula is C21H22FN3. The normalized spacial score (nSPS) is 14.9. The van der Waals surface area contributed by atoms with Crippen LogP contribution in [-0.2, 0) is 0 Å². The highest BCUT2D eigenvalue weighted by atomic mass is 19.1. The number of nitrogens with one attached hydrogen (secondary N) is 1. The van der Waals surface area contributed by atoms with E-state index in [9.17, 15) is 4.39 Å². The van der Waals surface area contributed by atoms with Gasteiger partial charge in [0.15, 0.2) is 0 Å². The van der Waals surface area contributed by atoms with E-state index in [1.165, 1.54) is 38.1 Å². The molecule has 4 rings (SSSR count). The Bertz CT molecular complexity index is 855. The number of para-hydroxylation sites is 1. The Balaban J connectivity index is 1.62. The lowest BCUT2D eigenvalue weighted by Crippen LogP contribution is -2.26. The van der Waals surface area contributed by atoms with Gasteiger partial charge in [-0.15, -0.1) is 0 Å². The molecule has 1 N–H and O–H groups in total. The lowest BCUT2D eigenvalue weighted by atomic mass is 10.1. The molecule has 0 saturated carbocycles. The first-order valence-electron chi connectivity index (χ1n) is 8.91. The van der Waals surface area contributed by atoms with E-state index in [4.69, 9.17) is 4.98 Å². The first kappa shape index (κ1) is 16.0. The predicted molar refractivity (Wildman–Crippen MR) is 101 cm³/mol. The molecule has 1 fully saturated rings. The summed E-state index contributed by atoms with van der Waals surface area (Å²) in [5, 5.41) is 4.70. The molecule has 0 aliphatic carbocycles. The topological polar surface area (TPSA) is 28.2 Å². The second kappa shape index (κ2) is 7.19. The van der Waals surface area contributed by atoms with Gasteiger partial charge in [0.1, 0.15) is 5.82 Å². The van der Waals surface area contributed by atoms with Crippen molar-refractivity contribution in [3.05, 3.63) is 60.4 Å². The number of halogens is 1. The van der Waals surface area contributed by atoms with Gasteiger partial charge in [-0.25, -0.2) is 9.37 Å². The van der Waals surface area contributed by atoms with Crippen LogP contribution in [0.25, 0.3) is 22.2 Å². The third-order valence-corrected chi connectivity index (χ3v) is 4.80. The van der Waals surface area contributed by atoms with Crippen LogP contribution in [-0.4, -0.2) is 36.1 Å². The summed E-state index contributed by atoms with van der Waals surface area (Å²) in [4.78, 5) is 7.25. The third kappa shape index (κ3) is 3.64. The van der Waals surface area contributed by atoms with E-state index in [1.807, 2.05) is 18.2 Å². The quantitative estimate of drug-likeness (QED) is 0.741. The molecule has 0 atom stereocenters. The van der Waals surface area contributed by atoms with Gasteiger partial charge in [0.25, 0.3) is 0 Å². The number of likely N-dealkylation sites (tertiary alicyclic amines) is 1. The Morgan fingerprint density at radius 1 is 1.00 bits per heavy atom. The summed E-state index contributed by atoms with van der Waals surface area (Å²) in [6.07, 6.45) is 2.62. The van der Waals surface area contributed by atoms with Gasteiger partial charge in [0.2, 0.25) is 0 Å². The van der Waals surface area contributed by atoms with Gasteiger partial charge in [-0.2, -0.15) is 0 Å². The molecule has 3 aromatic rings. The van der Waals surface area contributed by atoms with Crippen molar-refractivity contribution in [2.75, 3.05) is 31.5 Å². The number of hydrogen-bond donors (Lipinski definition) is 1. The summed E-state index contributed by atoms with van der Waals surface area (Å²) < 4.78 is 13.2. The van der Waals surface area contributed by atoms with Gasteiger partial charge in [0, 0.05) is 29.7 Å². The standard InChI is InChI=1S/C21H22FN3/c22-17-9-7-16(8-10-17)20-15-21(18-5-1-2-6-19(18)24-20)23-11-14-25-12-3-4-13-25/h1-2,5-10,15H,3-4,11-14H2,(H,23,24). The van der Waals surface area contributed by atoms with E-state index < -0.39 is 0 Å². The predicted octanol–water partition coefficient (Wildman–Crippen LogP) is 4.55. The molecule has 1 aliphatic heterocycles. The molecule has 25 heavy (non-hydrogen) atoms. The van der Waals surface area contributed by atoms with Gasteiger partial charge >= 0.3 is 0 Å². The maximum atomic E-state index is 13.2. The van der Waals surface area contributed by atoms with Crippen LogP contribution < -0.4 is 5.32 Å². The molecule has 0 bridgehead atoms. The fourth-order valence-electron chi connectivity index (χ4n) is 3.45. The van der Waals surface area contributed by atoms with Gasteiger partial charge in [-0.05, 0) is 62.3 Å². The minimum Gasteiger partial charge on any atom is -0.383 e. The first-order chi connectivity index (χ1) is 12.3. The Labute approximate surface area is 147 Å². The van der Waals surface area contributed by atoms with E-state index in [2.05, 4.69) is 22.3 Å². The summed E-state index contributed by atoms with van der Waals surface area (Å²) in [6.45, 7) is 4.39. The number of anilines is 1. The summed E-state index contributed by atoms with van der Waals surface area (Å²) in [7, 11) is 0. The monoisotopic (exact) mass is 335 g/mol. The van der Waals surface area contributed by atoms with Crippen LogP contribution in [0.3, 0.4) is 0 Å². The molecule has 0 amide bonds. The van der Waals surface area contributed by atoms with Crippen molar-refractivity contribution in [2.24, 2.45) is 0 Å². The van der Waals surface area contributed by atoms with Crippen molar-refractivity contribution in [3.63, 3.8) is 0 Å². The Morgan fingerprint density at radius 3 is 2.56 bits per heavy atom. The summed E-state index contributed by atoms with van der Waals surface area (Å²) in [5.41, 5.74) is 3.83. The highest BCUT2D eigenvalue weighted by molar-refractivity contribution is 5.93. The Hall–Kier alpha value is -2.46. The van der Waals surface area contributed by atoms with Crippen LogP contribution in [0, 0.1) is 5.82 Å². The average Bonchev–Trinajstić information content (AvgIpc) is 3.15. The number of pyridine rings is 1. The zero-order chi connectivity index (χ0) is 17.1. The fraction of sp³-hybridized carbons (Fsp3) is 0.286.